The summed E-state index contributed by atoms with van der Waals surface area (Å²) in [6.45, 7) is 2.64. The van der Waals surface area contributed by atoms with Gasteiger partial charge >= 0.3 is 0 Å². The van der Waals surface area contributed by atoms with Crippen molar-refractivity contribution in [1.82, 2.24) is 19.9 Å². The zero-order valence-corrected chi connectivity index (χ0v) is 20.9. The number of aryl methyl sites for hydroxylation is 1. The smallest absolute Gasteiger partial charge is 0.270 e. The lowest BCUT2D eigenvalue weighted by Crippen LogP contribution is -2.38. The number of anilines is 1. The highest BCUT2D eigenvalue weighted by molar-refractivity contribution is 5.96. The van der Waals surface area contributed by atoms with Gasteiger partial charge in [0.25, 0.3) is 5.69 Å². The fourth-order valence-electron chi connectivity index (χ4n) is 4.20. The van der Waals surface area contributed by atoms with Crippen LogP contribution in [0.3, 0.4) is 0 Å². The van der Waals surface area contributed by atoms with E-state index in [-0.39, 0.29) is 25.8 Å². The van der Waals surface area contributed by atoms with E-state index in [9.17, 15) is 19.3 Å². The Labute approximate surface area is 221 Å². The molecule has 4 rings (SSSR count). The number of aliphatic hydroxyl groups is 1. The molecule has 0 spiro atoms. The number of rotatable bonds is 8. The normalized spacial score (nSPS) is 12.7. The average molecular weight is 555 g/mol. The predicted molar refractivity (Wildman–Crippen MR) is 137 cm³/mol. The maximum Gasteiger partial charge on any atom is 0.270 e. The van der Waals surface area contributed by atoms with Gasteiger partial charge in [0, 0.05) is 68.3 Å². The summed E-state index contributed by atoms with van der Waals surface area (Å²) in [6, 6.07) is 4.97. The second-order valence-corrected chi connectivity index (χ2v) is 8.43. The lowest BCUT2D eigenvalue weighted by Gasteiger charge is -2.32. The van der Waals surface area contributed by atoms with Gasteiger partial charge in [0.05, 0.1) is 10.5 Å². The molecule has 39 heavy (non-hydrogen) atoms. The largest absolute Gasteiger partial charge is 0.388 e. The standard InChI is InChI=1S/C22H26N6O4.C2HFO2.2FH/c1-26-13-17(19-8-18(28(31)32)2-3-20(19)26)10-23-9-15-4-6-27(7-5-15)22-24-11-16(12-25-22)21(30)14-29;3-1-2-5-4;;/h2-3,8,11-13,15,23,29H,4-7,9-10,14H2,1H3;4H;2*1H. The number of piperidine rings is 1. The van der Waals surface area contributed by atoms with E-state index in [2.05, 4.69) is 25.1 Å². The van der Waals surface area contributed by atoms with Crippen molar-refractivity contribution in [2.75, 3.05) is 31.1 Å². The molecule has 1 aliphatic heterocycles. The lowest BCUT2D eigenvalue weighted by molar-refractivity contribution is -0.384. The van der Waals surface area contributed by atoms with Crippen molar-refractivity contribution in [2.45, 2.75) is 19.4 Å². The Hall–Kier alpha value is -4.26. The molecule has 0 bridgehead atoms. The summed E-state index contributed by atoms with van der Waals surface area (Å²) in [4.78, 5) is 35.8. The molecule has 212 valence electrons. The molecule has 3 heterocycles. The minimum Gasteiger partial charge on any atom is -0.388 e. The van der Waals surface area contributed by atoms with Crippen LogP contribution in [0.2, 0.25) is 0 Å². The van der Waals surface area contributed by atoms with E-state index in [0.29, 0.717) is 24.0 Å². The molecule has 0 amide bonds. The minimum absolute atomic E-state index is 0. The Balaban J connectivity index is 0.000000998. The number of benzene rings is 1. The second kappa shape index (κ2) is 15.9. The van der Waals surface area contributed by atoms with Gasteiger partial charge in [-0.2, -0.15) is 5.26 Å². The van der Waals surface area contributed by atoms with Crippen LogP contribution in [-0.2, 0) is 18.5 Å². The summed E-state index contributed by atoms with van der Waals surface area (Å²) in [7, 11) is 1.95. The molecule has 3 N–H and O–H groups in total. The van der Waals surface area contributed by atoms with Gasteiger partial charge < -0.3 is 19.9 Å². The monoisotopic (exact) mass is 554 g/mol. The molecule has 12 nitrogen and oxygen atoms in total. The van der Waals surface area contributed by atoms with Crippen molar-refractivity contribution in [3.8, 4) is 12.3 Å². The molecule has 1 saturated heterocycles. The molecule has 2 aromatic heterocycles. The van der Waals surface area contributed by atoms with E-state index in [0.717, 1.165) is 55.1 Å². The van der Waals surface area contributed by atoms with Crippen LogP contribution < -0.4 is 10.2 Å². The third-order valence-corrected chi connectivity index (χ3v) is 6.10. The highest BCUT2D eigenvalue weighted by atomic mass is 19.1. The summed E-state index contributed by atoms with van der Waals surface area (Å²) in [6.07, 6.45) is 8.98. The molecular weight excluding hydrogens is 525 g/mol. The first-order chi connectivity index (χ1) is 17.9. The van der Waals surface area contributed by atoms with Crippen molar-refractivity contribution in [1.29, 1.82) is 0 Å². The summed E-state index contributed by atoms with van der Waals surface area (Å²) in [5.74, 6) is 0.733. The highest BCUT2D eigenvalue weighted by Crippen LogP contribution is 2.26. The molecule has 0 saturated carbocycles. The number of non-ortho nitro benzene ring substituents is 1. The third-order valence-electron chi connectivity index (χ3n) is 6.10. The van der Waals surface area contributed by atoms with E-state index < -0.39 is 6.61 Å². The Bertz CT molecular complexity index is 1290. The van der Waals surface area contributed by atoms with Crippen molar-refractivity contribution in [3.05, 3.63) is 58.0 Å². The number of aromatic nitrogens is 3. The summed E-state index contributed by atoms with van der Waals surface area (Å²) in [5, 5.41) is 31.6. The number of fused-ring (bicyclic) bond motifs is 1. The van der Waals surface area contributed by atoms with Crippen LogP contribution in [0.5, 0.6) is 0 Å². The first kappa shape index (κ1) is 32.8. The van der Waals surface area contributed by atoms with E-state index in [1.807, 2.05) is 17.8 Å². The van der Waals surface area contributed by atoms with Crippen LogP contribution in [0.15, 0.2) is 36.8 Å². The summed E-state index contributed by atoms with van der Waals surface area (Å²) in [5.41, 5.74) is 2.45. The average Bonchev–Trinajstić information content (AvgIpc) is 3.24. The van der Waals surface area contributed by atoms with Gasteiger partial charge in [-0.1, -0.05) is 0 Å². The van der Waals surface area contributed by atoms with Crippen molar-refractivity contribution in [2.24, 2.45) is 13.0 Å². The van der Waals surface area contributed by atoms with E-state index in [1.54, 1.807) is 12.1 Å². The number of nitrogens with zero attached hydrogens (tertiary/aromatic N) is 5. The number of halogens is 3. The van der Waals surface area contributed by atoms with Gasteiger partial charge in [-0.3, -0.25) is 29.2 Å². The molecule has 0 atom stereocenters. The Morgan fingerprint density at radius 3 is 2.49 bits per heavy atom. The molecule has 1 aromatic carbocycles. The van der Waals surface area contributed by atoms with Gasteiger partial charge in [0.15, 0.2) is 18.1 Å². The first-order valence-electron chi connectivity index (χ1n) is 11.4. The Morgan fingerprint density at radius 1 is 1.28 bits per heavy atom. The molecule has 1 aliphatic rings. The number of aliphatic hydroxyl groups excluding tert-OH is 1. The lowest BCUT2D eigenvalue weighted by atomic mass is 9.97. The van der Waals surface area contributed by atoms with Crippen LogP contribution in [0.1, 0.15) is 28.8 Å². The first-order valence-corrected chi connectivity index (χ1v) is 11.4. The molecule has 0 radical (unpaired) electrons. The van der Waals surface area contributed by atoms with Gasteiger partial charge in [-0.05, 0) is 36.9 Å². The zero-order valence-electron chi connectivity index (χ0n) is 20.9. The Kier molecular flexibility index (Phi) is 13.3. The minimum atomic E-state index is -0.545. The van der Waals surface area contributed by atoms with Crippen LogP contribution in [-0.4, -0.2) is 61.8 Å². The number of nitro groups is 1. The number of Topliss-reactive ketones (excluding diaryl/α,β-unsaturated/α-hetero) is 1. The Morgan fingerprint density at radius 2 is 1.95 bits per heavy atom. The maximum atomic E-state index is 11.5. The SMILES string of the molecule is Cn1cc(CNCC2CCN(c3ncc(C(=O)CO)cn3)CC2)c2cc([N+](=O)[O-])ccc21.F.F.OOC#CF. The second-order valence-electron chi connectivity index (χ2n) is 8.43. The topological polar surface area (TPSA) is 156 Å². The summed E-state index contributed by atoms with van der Waals surface area (Å²) < 4.78 is 12.3. The van der Waals surface area contributed by atoms with Crippen LogP contribution in [0.25, 0.3) is 10.9 Å². The van der Waals surface area contributed by atoms with E-state index in [4.69, 9.17) is 10.4 Å². The van der Waals surface area contributed by atoms with E-state index in [1.165, 1.54) is 24.6 Å². The number of hydrogen-bond acceptors (Lipinski definition) is 10. The maximum absolute atomic E-state index is 11.5. The van der Waals surface area contributed by atoms with Crippen molar-refractivity contribution >= 4 is 28.3 Å². The zero-order chi connectivity index (χ0) is 26.8. The number of hydrogen-bond donors (Lipinski definition) is 3. The number of carbonyl (C=O) groups excluding carboxylic acids is 1. The van der Waals surface area contributed by atoms with Crippen LogP contribution in [0, 0.1) is 28.3 Å². The fraction of sp³-hybridized carbons (Fsp3) is 0.375. The third kappa shape index (κ3) is 8.64. The van der Waals surface area contributed by atoms with Crippen molar-refractivity contribution < 1.29 is 38.8 Å². The number of carbonyl (C=O) groups is 1. The van der Waals surface area contributed by atoms with Gasteiger partial charge in [-0.15, -0.1) is 4.39 Å². The van der Waals surface area contributed by atoms with Crippen molar-refractivity contribution in [3.63, 3.8) is 0 Å². The molecule has 15 heteroatoms. The predicted octanol–water partition coefficient (Wildman–Crippen LogP) is 2.73. The quantitative estimate of drug-likeness (QED) is 0.124. The van der Waals surface area contributed by atoms with Gasteiger partial charge in [0.2, 0.25) is 5.95 Å². The molecule has 1 fully saturated rings. The molecule has 0 unspecified atom stereocenters. The molecular formula is C24H29F3N6O6. The summed E-state index contributed by atoms with van der Waals surface area (Å²) >= 11 is 0. The van der Waals surface area contributed by atoms with Gasteiger partial charge in [0.1, 0.15) is 6.61 Å². The number of nitrogens with one attached hydrogen (secondary N) is 1. The number of nitro benzene ring substituents is 1. The molecule has 3 aromatic rings. The number of ketones is 1. The fourth-order valence-corrected chi connectivity index (χ4v) is 4.20. The van der Waals surface area contributed by atoms with E-state index >= 15 is 0 Å². The van der Waals surface area contributed by atoms with Gasteiger partial charge in [-0.25, -0.2) is 9.97 Å². The highest BCUT2D eigenvalue weighted by Gasteiger charge is 2.21. The van der Waals surface area contributed by atoms with Crippen LogP contribution >= 0.6 is 0 Å². The van der Waals surface area contributed by atoms with Crippen LogP contribution in [0.4, 0.5) is 25.4 Å². The molecule has 0 aliphatic carbocycles.